The zero-order valence-corrected chi connectivity index (χ0v) is 12.3. The summed E-state index contributed by atoms with van der Waals surface area (Å²) in [7, 11) is 0. The highest BCUT2D eigenvalue weighted by Gasteiger charge is 2.14. The molecular formula is C13H15Cl2N3O. The van der Waals surface area contributed by atoms with Crippen LogP contribution in [0.2, 0.25) is 10.0 Å². The second kappa shape index (κ2) is 5.72. The highest BCUT2D eigenvalue weighted by atomic mass is 35.5. The third-order valence-corrected chi connectivity index (χ3v) is 3.41. The van der Waals surface area contributed by atoms with Crippen LogP contribution < -0.4 is 10.5 Å². The lowest BCUT2D eigenvalue weighted by atomic mass is 10.3. The van der Waals surface area contributed by atoms with Gasteiger partial charge in [0.15, 0.2) is 0 Å². The number of ether oxygens (including phenoxy) is 1. The largest absolute Gasteiger partial charge is 0.437 e. The summed E-state index contributed by atoms with van der Waals surface area (Å²) >= 11 is 11.8. The van der Waals surface area contributed by atoms with Gasteiger partial charge >= 0.3 is 0 Å². The second-order valence-electron chi connectivity index (χ2n) is 4.21. The van der Waals surface area contributed by atoms with E-state index in [1.165, 1.54) is 0 Å². The summed E-state index contributed by atoms with van der Waals surface area (Å²) in [6, 6.07) is 5.08. The standard InChI is InChI=1S/C13H15Cl2N3O/c1-3-6-18-13(12(16)8(2)17-18)19-9-4-5-10(14)11(15)7-9/h4-5,7H,3,6,16H2,1-2H3. The minimum absolute atomic E-state index is 0.441. The first-order valence-corrected chi connectivity index (χ1v) is 6.74. The number of hydrogen-bond acceptors (Lipinski definition) is 3. The first-order valence-electron chi connectivity index (χ1n) is 5.98. The van der Waals surface area contributed by atoms with Crippen molar-refractivity contribution in [2.75, 3.05) is 5.73 Å². The van der Waals surface area contributed by atoms with Crippen molar-refractivity contribution in [2.45, 2.75) is 26.8 Å². The molecule has 0 aliphatic heterocycles. The van der Waals surface area contributed by atoms with Crippen LogP contribution in [0.5, 0.6) is 11.6 Å². The van der Waals surface area contributed by atoms with Gasteiger partial charge in [-0.2, -0.15) is 5.10 Å². The zero-order chi connectivity index (χ0) is 14.0. The minimum Gasteiger partial charge on any atom is -0.437 e. The highest BCUT2D eigenvalue weighted by Crippen LogP contribution is 2.33. The molecular weight excluding hydrogens is 285 g/mol. The predicted molar refractivity (Wildman–Crippen MR) is 78.2 cm³/mol. The van der Waals surface area contributed by atoms with E-state index in [2.05, 4.69) is 12.0 Å². The van der Waals surface area contributed by atoms with Crippen LogP contribution in [0.25, 0.3) is 0 Å². The number of halogens is 2. The van der Waals surface area contributed by atoms with Gasteiger partial charge in [0.25, 0.3) is 0 Å². The number of nitrogens with two attached hydrogens (primary N) is 1. The number of nitrogens with zero attached hydrogens (tertiary/aromatic N) is 2. The Balaban J connectivity index is 2.34. The van der Waals surface area contributed by atoms with Crippen LogP contribution in [0.4, 0.5) is 5.69 Å². The maximum absolute atomic E-state index is 5.98. The second-order valence-corrected chi connectivity index (χ2v) is 5.02. The van der Waals surface area contributed by atoms with E-state index in [0.29, 0.717) is 27.4 Å². The van der Waals surface area contributed by atoms with Crippen molar-refractivity contribution in [3.05, 3.63) is 33.9 Å². The van der Waals surface area contributed by atoms with Gasteiger partial charge < -0.3 is 10.5 Å². The zero-order valence-electron chi connectivity index (χ0n) is 10.8. The lowest BCUT2D eigenvalue weighted by Crippen LogP contribution is -2.02. The fraction of sp³-hybridized carbons (Fsp3) is 0.308. The summed E-state index contributed by atoms with van der Waals surface area (Å²) in [5.74, 6) is 1.12. The first-order chi connectivity index (χ1) is 9.02. The Bertz CT molecular complexity index is 596. The first kappa shape index (κ1) is 14.0. The number of nitrogen functional groups attached to an aromatic ring is 1. The molecule has 102 valence electrons. The molecule has 6 heteroatoms. The van der Waals surface area contributed by atoms with Gasteiger partial charge in [-0.25, -0.2) is 4.68 Å². The molecule has 0 unspecified atom stereocenters. The SMILES string of the molecule is CCCn1nc(C)c(N)c1Oc1ccc(Cl)c(Cl)c1. The van der Waals surface area contributed by atoms with Crippen molar-refractivity contribution in [1.29, 1.82) is 0 Å². The smallest absolute Gasteiger partial charge is 0.241 e. The highest BCUT2D eigenvalue weighted by molar-refractivity contribution is 6.42. The molecule has 0 atom stereocenters. The molecule has 0 spiro atoms. The number of anilines is 1. The van der Waals surface area contributed by atoms with Crippen molar-refractivity contribution in [2.24, 2.45) is 0 Å². The quantitative estimate of drug-likeness (QED) is 0.916. The maximum atomic E-state index is 5.98. The van der Waals surface area contributed by atoms with E-state index >= 15 is 0 Å². The monoisotopic (exact) mass is 299 g/mol. The van der Waals surface area contributed by atoms with Crippen molar-refractivity contribution in [3.8, 4) is 11.6 Å². The number of hydrogen-bond donors (Lipinski definition) is 1. The molecule has 2 N–H and O–H groups in total. The molecule has 0 saturated heterocycles. The van der Waals surface area contributed by atoms with Gasteiger partial charge in [0, 0.05) is 12.6 Å². The molecule has 4 nitrogen and oxygen atoms in total. The van der Waals surface area contributed by atoms with Gasteiger partial charge in [-0.15, -0.1) is 0 Å². The molecule has 2 aromatic rings. The summed E-state index contributed by atoms with van der Waals surface area (Å²) in [6.07, 6.45) is 0.943. The van der Waals surface area contributed by atoms with Crippen molar-refractivity contribution >= 4 is 28.9 Å². The molecule has 0 aliphatic rings. The summed E-state index contributed by atoms with van der Waals surface area (Å²) in [6.45, 7) is 4.66. The number of aromatic nitrogens is 2. The molecule has 0 bridgehead atoms. The van der Waals surface area contributed by atoms with Gasteiger partial charge in [-0.05, 0) is 25.5 Å². The number of aryl methyl sites for hydroxylation is 2. The molecule has 0 aliphatic carbocycles. The van der Waals surface area contributed by atoms with Crippen LogP contribution in [0.1, 0.15) is 19.0 Å². The van der Waals surface area contributed by atoms with Crippen molar-refractivity contribution < 1.29 is 4.74 Å². The molecule has 0 radical (unpaired) electrons. The van der Waals surface area contributed by atoms with Gasteiger partial charge in [0.1, 0.15) is 11.4 Å². The number of benzene rings is 1. The molecule has 0 fully saturated rings. The van der Waals surface area contributed by atoms with Crippen LogP contribution in [-0.4, -0.2) is 9.78 Å². The van der Waals surface area contributed by atoms with Crippen molar-refractivity contribution in [1.82, 2.24) is 9.78 Å². The molecule has 1 aromatic carbocycles. The van der Waals surface area contributed by atoms with Gasteiger partial charge in [-0.1, -0.05) is 30.1 Å². The van der Waals surface area contributed by atoms with Crippen LogP contribution in [0, 0.1) is 6.92 Å². The predicted octanol–water partition coefficient (Wildman–Crippen LogP) is 4.28. The Morgan fingerprint density at radius 3 is 2.68 bits per heavy atom. The van der Waals surface area contributed by atoms with Crippen LogP contribution in [0.15, 0.2) is 18.2 Å². The Morgan fingerprint density at radius 1 is 1.32 bits per heavy atom. The third-order valence-electron chi connectivity index (χ3n) is 2.67. The summed E-state index contributed by atoms with van der Waals surface area (Å²) in [5.41, 5.74) is 7.28. The molecule has 1 heterocycles. The van der Waals surface area contributed by atoms with Crippen molar-refractivity contribution in [3.63, 3.8) is 0 Å². The average molecular weight is 300 g/mol. The topological polar surface area (TPSA) is 53.1 Å². The lowest BCUT2D eigenvalue weighted by Gasteiger charge is -2.09. The molecule has 0 amide bonds. The van der Waals surface area contributed by atoms with Crippen LogP contribution in [-0.2, 0) is 6.54 Å². The average Bonchev–Trinajstić information content (AvgIpc) is 2.62. The molecule has 2 rings (SSSR count). The van der Waals surface area contributed by atoms with Gasteiger partial charge in [0.05, 0.1) is 15.7 Å². The number of rotatable bonds is 4. The Morgan fingerprint density at radius 2 is 2.05 bits per heavy atom. The van der Waals surface area contributed by atoms with E-state index in [4.69, 9.17) is 33.7 Å². The van der Waals surface area contributed by atoms with E-state index < -0.39 is 0 Å². The Kier molecular flexibility index (Phi) is 4.22. The van der Waals surface area contributed by atoms with E-state index in [1.807, 2.05) is 6.92 Å². The Labute approximate surface area is 122 Å². The third kappa shape index (κ3) is 2.96. The summed E-state index contributed by atoms with van der Waals surface area (Å²) in [4.78, 5) is 0. The fourth-order valence-corrected chi connectivity index (χ4v) is 1.99. The normalized spacial score (nSPS) is 10.7. The molecule has 1 aromatic heterocycles. The summed E-state index contributed by atoms with van der Waals surface area (Å²) in [5, 5.41) is 5.27. The fourth-order valence-electron chi connectivity index (χ4n) is 1.70. The van der Waals surface area contributed by atoms with E-state index in [0.717, 1.165) is 18.7 Å². The van der Waals surface area contributed by atoms with E-state index in [9.17, 15) is 0 Å². The van der Waals surface area contributed by atoms with Crippen LogP contribution >= 0.6 is 23.2 Å². The van der Waals surface area contributed by atoms with Gasteiger partial charge in [-0.3, -0.25) is 0 Å². The Hall–Kier alpha value is -1.39. The van der Waals surface area contributed by atoms with E-state index in [-0.39, 0.29) is 0 Å². The maximum Gasteiger partial charge on any atom is 0.241 e. The van der Waals surface area contributed by atoms with E-state index in [1.54, 1.807) is 22.9 Å². The van der Waals surface area contributed by atoms with Gasteiger partial charge in [0.2, 0.25) is 5.88 Å². The molecule has 19 heavy (non-hydrogen) atoms. The molecule has 0 saturated carbocycles. The summed E-state index contributed by atoms with van der Waals surface area (Å²) < 4.78 is 7.54. The lowest BCUT2D eigenvalue weighted by molar-refractivity contribution is 0.410. The van der Waals surface area contributed by atoms with Crippen LogP contribution in [0.3, 0.4) is 0 Å². The minimum atomic E-state index is 0.441.